The predicted octanol–water partition coefficient (Wildman–Crippen LogP) is 2.95. The lowest BCUT2D eigenvalue weighted by atomic mass is 10.3. The van der Waals surface area contributed by atoms with Crippen LogP contribution in [0.4, 0.5) is 5.00 Å². The minimum atomic E-state index is -0.351. The van der Waals surface area contributed by atoms with Gasteiger partial charge in [-0.15, -0.1) is 0 Å². The van der Waals surface area contributed by atoms with Gasteiger partial charge < -0.3 is 10.1 Å². The minimum Gasteiger partial charge on any atom is -0.381 e. The summed E-state index contributed by atoms with van der Waals surface area (Å²) >= 11 is 1.22. The third kappa shape index (κ3) is 6.09. The molecule has 1 N–H and O–H groups in total. The number of nitrogens with zero attached hydrogens (tertiary/aromatic N) is 1. The minimum absolute atomic E-state index is 0.203. The Morgan fingerprint density at radius 3 is 2.83 bits per heavy atom. The molecule has 0 amide bonds. The largest absolute Gasteiger partial charge is 0.381 e. The van der Waals surface area contributed by atoms with Gasteiger partial charge in [-0.1, -0.05) is 24.7 Å². The highest BCUT2D eigenvalue weighted by Crippen LogP contribution is 2.23. The Morgan fingerprint density at radius 1 is 1.39 bits per heavy atom. The van der Waals surface area contributed by atoms with Crippen molar-refractivity contribution in [3.63, 3.8) is 0 Å². The van der Waals surface area contributed by atoms with E-state index in [0.29, 0.717) is 6.54 Å². The number of rotatable bonds is 10. The Kier molecular flexibility index (Phi) is 7.55. The summed E-state index contributed by atoms with van der Waals surface area (Å²) in [5.41, 5.74) is 0. The SMILES string of the molecule is CCCCOCCCNCc1ccc([N+](=O)[O-])s1. The Labute approximate surface area is 111 Å². The van der Waals surface area contributed by atoms with E-state index in [-0.39, 0.29) is 9.92 Å². The molecule has 1 aromatic rings. The van der Waals surface area contributed by atoms with Gasteiger partial charge in [-0.05, 0) is 25.5 Å². The fourth-order valence-electron chi connectivity index (χ4n) is 1.42. The monoisotopic (exact) mass is 272 g/mol. The van der Waals surface area contributed by atoms with Gasteiger partial charge in [0.2, 0.25) is 0 Å². The second-order valence-corrected chi connectivity index (χ2v) is 5.14. The van der Waals surface area contributed by atoms with E-state index in [2.05, 4.69) is 12.2 Å². The van der Waals surface area contributed by atoms with Gasteiger partial charge in [0.05, 0.1) is 4.92 Å². The molecule has 0 aliphatic heterocycles. The Balaban J connectivity index is 2.02. The summed E-state index contributed by atoms with van der Waals surface area (Å²) < 4.78 is 5.44. The lowest BCUT2D eigenvalue weighted by molar-refractivity contribution is -0.380. The standard InChI is InChI=1S/C12H20N2O3S/c1-2-3-8-17-9-4-7-13-10-11-5-6-12(18-11)14(15)16/h5-6,13H,2-4,7-10H2,1H3. The van der Waals surface area contributed by atoms with Gasteiger partial charge in [0.1, 0.15) is 0 Å². The third-order valence-corrected chi connectivity index (χ3v) is 3.45. The van der Waals surface area contributed by atoms with Gasteiger partial charge in [0.15, 0.2) is 0 Å². The Bertz CT molecular complexity index is 355. The van der Waals surface area contributed by atoms with Crippen LogP contribution in [0.25, 0.3) is 0 Å². The van der Waals surface area contributed by atoms with Gasteiger partial charge in [-0.25, -0.2) is 0 Å². The van der Waals surface area contributed by atoms with E-state index in [4.69, 9.17) is 4.74 Å². The first-order valence-electron chi connectivity index (χ1n) is 6.25. The molecule has 102 valence electrons. The summed E-state index contributed by atoms with van der Waals surface area (Å²) in [6.07, 6.45) is 3.25. The molecule has 5 nitrogen and oxygen atoms in total. The number of unbranched alkanes of at least 4 members (excludes halogenated alkanes) is 1. The van der Waals surface area contributed by atoms with Crippen LogP contribution in [0.1, 0.15) is 31.1 Å². The number of ether oxygens (including phenoxy) is 1. The molecule has 1 heterocycles. The molecule has 0 aliphatic rings. The van der Waals surface area contributed by atoms with Crippen LogP contribution in [0.15, 0.2) is 12.1 Å². The third-order valence-electron chi connectivity index (χ3n) is 2.41. The van der Waals surface area contributed by atoms with Crippen molar-refractivity contribution in [2.45, 2.75) is 32.7 Å². The molecular weight excluding hydrogens is 252 g/mol. The van der Waals surface area contributed by atoms with E-state index in [1.165, 1.54) is 11.3 Å². The average molecular weight is 272 g/mol. The van der Waals surface area contributed by atoms with Crippen LogP contribution in [-0.4, -0.2) is 24.7 Å². The first kappa shape index (κ1) is 15.1. The molecule has 0 spiro atoms. The van der Waals surface area contributed by atoms with Gasteiger partial charge >= 0.3 is 5.00 Å². The maximum atomic E-state index is 10.5. The predicted molar refractivity (Wildman–Crippen MR) is 73.0 cm³/mol. The van der Waals surface area contributed by atoms with Crippen molar-refractivity contribution in [1.82, 2.24) is 5.32 Å². The van der Waals surface area contributed by atoms with E-state index < -0.39 is 0 Å². The number of hydrogen-bond acceptors (Lipinski definition) is 5. The highest BCUT2D eigenvalue weighted by molar-refractivity contribution is 7.15. The second kappa shape index (κ2) is 9.02. The van der Waals surface area contributed by atoms with Gasteiger partial charge in [0, 0.05) is 30.7 Å². The highest BCUT2D eigenvalue weighted by Gasteiger charge is 2.08. The number of nitro groups is 1. The summed E-state index contributed by atoms with van der Waals surface area (Å²) in [6.45, 7) is 5.32. The van der Waals surface area contributed by atoms with Crippen LogP contribution in [-0.2, 0) is 11.3 Å². The van der Waals surface area contributed by atoms with Crippen LogP contribution in [0.2, 0.25) is 0 Å². The number of nitrogens with one attached hydrogen (secondary N) is 1. The Hall–Kier alpha value is -0.980. The van der Waals surface area contributed by atoms with Crippen LogP contribution in [0, 0.1) is 10.1 Å². The van der Waals surface area contributed by atoms with E-state index in [1.807, 2.05) is 0 Å². The number of thiophene rings is 1. The molecule has 0 fully saturated rings. The molecule has 0 unspecified atom stereocenters. The van der Waals surface area contributed by atoms with E-state index in [9.17, 15) is 10.1 Å². The topological polar surface area (TPSA) is 64.4 Å². The molecule has 1 rings (SSSR count). The van der Waals surface area contributed by atoms with Crippen molar-refractivity contribution in [3.8, 4) is 0 Å². The zero-order valence-electron chi connectivity index (χ0n) is 10.7. The molecular formula is C12H20N2O3S. The first-order valence-corrected chi connectivity index (χ1v) is 7.07. The van der Waals surface area contributed by atoms with Crippen molar-refractivity contribution < 1.29 is 9.66 Å². The summed E-state index contributed by atoms with van der Waals surface area (Å²) in [5, 5.41) is 14.0. The lowest BCUT2D eigenvalue weighted by Crippen LogP contribution is -2.15. The maximum absolute atomic E-state index is 10.5. The summed E-state index contributed by atoms with van der Waals surface area (Å²) in [7, 11) is 0. The number of hydrogen-bond donors (Lipinski definition) is 1. The molecule has 18 heavy (non-hydrogen) atoms. The zero-order valence-corrected chi connectivity index (χ0v) is 11.5. The molecule has 0 atom stereocenters. The second-order valence-electron chi connectivity index (χ2n) is 3.99. The average Bonchev–Trinajstić information content (AvgIpc) is 2.81. The fourth-order valence-corrected chi connectivity index (χ4v) is 2.21. The van der Waals surface area contributed by atoms with Crippen molar-refractivity contribution in [2.75, 3.05) is 19.8 Å². The smallest absolute Gasteiger partial charge is 0.324 e. The van der Waals surface area contributed by atoms with Gasteiger partial charge in [-0.2, -0.15) is 0 Å². The highest BCUT2D eigenvalue weighted by atomic mass is 32.1. The molecule has 0 saturated carbocycles. The molecule has 1 aromatic heterocycles. The summed E-state index contributed by atoms with van der Waals surface area (Å²) in [6, 6.07) is 3.35. The van der Waals surface area contributed by atoms with Gasteiger partial charge in [0.25, 0.3) is 0 Å². The quantitative estimate of drug-likeness (QED) is 0.404. The molecule has 0 bridgehead atoms. The maximum Gasteiger partial charge on any atom is 0.324 e. The van der Waals surface area contributed by atoms with E-state index in [1.54, 1.807) is 12.1 Å². The lowest BCUT2D eigenvalue weighted by Gasteiger charge is -2.04. The molecule has 0 aliphatic carbocycles. The van der Waals surface area contributed by atoms with Crippen LogP contribution in [0.3, 0.4) is 0 Å². The molecule has 0 saturated heterocycles. The fraction of sp³-hybridized carbons (Fsp3) is 0.667. The van der Waals surface area contributed by atoms with Crippen molar-refractivity contribution in [3.05, 3.63) is 27.1 Å². The molecule has 0 aromatic carbocycles. The molecule has 6 heteroatoms. The van der Waals surface area contributed by atoms with Crippen LogP contribution >= 0.6 is 11.3 Å². The van der Waals surface area contributed by atoms with Crippen LogP contribution < -0.4 is 5.32 Å². The van der Waals surface area contributed by atoms with Crippen molar-refractivity contribution >= 4 is 16.3 Å². The first-order chi connectivity index (χ1) is 8.74. The summed E-state index contributed by atoms with van der Waals surface area (Å²) in [5.74, 6) is 0. The summed E-state index contributed by atoms with van der Waals surface area (Å²) in [4.78, 5) is 11.1. The van der Waals surface area contributed by atoms with E-state index in [0.717, 1.165) is 43.9 Å². The zero-order chi connectivity index (χ0) is 13.2. The van der Waals surface area contributed by atoms with Crippen molar-refractivity contribution in [2.24, 2.45) is 0 Å². The van der Waals surface area contributed by atoms with E-state index >= 15 is 0 Å². The van der Waals surface area contributed by atoms with Crippen molar-refractivity contribution in [1.29, 1.82) is 0 Å². The molecule has 0 radical (unpaired) electrons. The Morgan fingerprint density at radius 2 is 2.17 bits per heavy atom. The normalized spacial score (nSPS) is 10.7. The van der Waals surface area contributed by atoms with Crippen LogP contribution in [0.5, 0.6) is 0 Å². The van der Waals surface area contributed by atoms with Gasteiger partial charge in [-0.3, -0.25) is 10.1 Å².